The molecule has 6 unspecified atom stereocenters. The molecule has 1 spiro atoms. The average Bonchev–Trinajstić information content (AvgIpc) is 3.60. The maximum Gasteiger partial charge on any atom is 0.324 e. The Morgan fingerprint density at radius 2 is 1.63 bits per heavy atom. The summed E-state index contributed by atoms with van der Waals surface area (Å²) in [5, 5.41) is 25.6. The third-order valence-electron chi connectivity index (χ3n) is 9.69. The smallest absolute Gasteiger partial charge is 0.324 e. The molecule has 0 aliphatic carbocycles. The molecule has 3 aliphatic rings. The number of cyclic esters (lactones) is 1. The van der Waals surface area contributed by atoms with E-state index in [1.807, 2.05) is 65.6 Å². The molecule has 4 aromatic carbocycles. The topological polar surface area (TPSA) is 128 Å². The summed E-state index contributed by atoms with van der Waals surface area (Å²) in [7, 11) is 0. The third kappa shape index (κ3) is 5.26. The number of hydrogen-bond donors (Lipinski definition) is 4. The maximum absolute atomic E-state index is 14.9. The van der Waals surface area contributed by atoms with Crippen LogP contribution in [-0.4, -0.2) is 52.1 Å². The van der Waals surface area contributed by atoms with E-state index in [-0.39, 0.29) is 25.3 Å². The molecule has 9 nitrogen and oxygen atoms in total. The Bertz CT molecular complexity index is 1970. The number of rotatable bonds is 7. The highest BCUT2D eigenvalue weighted by atomic mass is 16.6. The zero-order valence-electron chi connectivity index (χ0n) is 26.6. The molecule has 0 radical (unpaired) electrons. The van der Waals surface area contributed by atoms with E-state index >= 15 is 0 Å². The number of nitrogens with one attached hydrogen (secondary N) is 2. The lowest BCUT2D eigenvalue weighted by Gasteiger charge is -2.46. The minimum Gasteiger partial charge on any atom is -0.508 e. The van der Waals surface area contributed by atoms with Crippen LogP contribution in [0.5, 0.6) is 5.75 Å². The number of morpholine rings is 1. The van der Waals surface area contributed by atoms with Crippen molar-refractivity contribution in [2.24, 2.45) is 5.92 Å². The van der Waals surface area contributed by atoms with Crippen LogP contribution in [0.25, 0.3) is 0 Å². The molecular weight excluding hydrogens is 618 g/mol. The first-order valence-corrected chi connectivity index (χ1v) is 16.2. The van der Waals surface area contributed by atoms with Crippen molar-refractivity contribution in [1.29, 1.82) is 0 Å². The number of amides is 2. The van der Waals surface area contributed by atoms with Crippen LogP contribution in [0, 0.1) is 17.8 Å². The van der Waals surface area contributed by atoms with Gasteiger partial charge in [-0.1, -0.05) is 90.7 Å². The molecule has 2 saturated heterocycles. The van der Waals surface area contributed by atoms with Crippen molar-refractivity contribution in [1.82, 2.24) is 10.2 Å². The lowest BCUT2D eigenvalue weighted by molar-refractivity contribution is -0.178. The Hall–Kier alpha value is -5.69. The van der Waals surface area contributed by atoms with Crippen molar-refractivity contribution in [3.63, 3.8) is 0 Å². The second kappa shape index (κ2) is 13.1. The summed E-state index contributed by atoms with van der Waals surface area (Å²) in [5.41, 5.74) is 2.20. The molecule has 2 amide bonds. The summed E-state index contributed by atoms with van der Waals surface area (Å²) in [6, 6.07) is 28.3. The number of anilines is 1. The number of carbonyl (C=O) groups excluding carboxylic acids is 3. The van der Waals surface area contributed by atoms with Crippen molar-refractivity contribution >= 4 is 23.5 Å². The van der Waals surface area contributed by atoms with Gasteiger partial charge in [0.05, 0.1) is 24.6 Å². The normalized spacial score (nSPS) is 25.4. The van der Waals surface area contributed by atoms with Crippen LogP contribution in [0.15, 0.2) is 116 Å². The molecule has 246 valence electrons. The summed E-state index contributed by atoms with van der Waals surface area (Å²) in [6.45, 7) is 3.78. The summed E-state index contributed by atoms with van der Waals surface area (Å²) in [5.74, 6) is 3.24. The van der Waals surface area contributed by atoms with E-state index in [4.69, 9.17) is 4.74 Å². The fraction of sp³-hybridized carbons (Fsp3) is 0.225. The molecule has 7 rings (SSSR count). The third-order valence-corrected chi connectivity index (χ3v) is 9.69. The molecule has 2 fully saturated rings. The Morgan fingerprint density at radius 1 is 0.939 bits per heavy atom. The number of benzene rings is 4. The van der Waals surface area contributed by atoms with Crippen LogP contribution >= 0.6 is 0 Å². The van der Waals surface area contributed by atoms with Crippen LogP contribution in [0.3, 0.4) is 0 Å². The largest absolute Gasteiger partial charge is 0.508 e. The molecule has 3 aliphatic heterocycles. The highest BCUT2D eigenvalue weighted by Crippen LogP contribution is 2.64. The van der Waals surface area contributed by atoms with Crippen molar-refractivity contribution in [3.8, 4) is 17.6 Å². The van der Waals surface area contributed by atoms with Gasteiger partial charge in [-0.2, -0.15) is 0 Å². The highest BCUT2D eigenvalue weighted by Gasteiger charge is 2.74. The molecule has 6 atom stereocenters. The Kier molecular flexibility index (Phi) is 8.51. The monoisotopic (exact) mass is 653 g/mol. The number of phenols is 1. The predicted molar refractivity (Wildman–Crippen MR) is 183 cm³/mol. The molecular formula is C40H35N3O6. The van der Waals surface area contributed by atoms with Gasteiger partial charge in [0.1, 0.15) is 23.3 Å². The van der Waals surface area contributed by atoms with Crippen molar-refractivity contribution in [3.05, 3.63) is 144 Å². The molecule has 0 bridgehead atoms. The SMILES string of the molecule is C=CCNC(=O)C1C2C(=O)OC(c3ccccc3)C(c3ccccc3)N2C(c2ccc(O)cc2)C12C(=O)Nc1ccc(C#CCCO)cc12. The number of carbonyl (C=O) groups is 3. The standard InChI is InChI=1S/C40H35N3O6/c1-2-22-41-37(46)32-34-38(47)49-35(27-14-7-4-8-15-27)33(26-12-5-3-6-13-26)43(34)36(28-17-19-29(45)20-18-28)40(32)30-24-25(11-9-10-23-44)16-21-31(30)42-39(40)48/h2-8,12-21,24,32-36,44-45H,1,10,22-23H2,(H,41,46)(H,42,48). The van der Waals surface area contributed by atoms with Gasteiger partial charge in [0.15, 0.2) is 0 Å². The molecule has 3 heterocycles. The van der Waals surface area contributed by atoms with Crippen LogP contribution < -0.4 is 10.6 Å². The van der Waals surface area contributed by atoms with Gasteiger partial charge in [-0.25, -0.2) is 0 Å². The zero-order chi connectivity index (χ0) is 34.1. The van der Waals surface area contributed by atoms with E-state index in [1.54, 1.807) is 48.5 Å². The molecule has 9 heteroatoms. The second-order valence-corrected chi connectivity index (χ2v) is 12.4. The molecule has 0 saturated carbocycles. The zero-order valence-corrected chi connectivity index (χ0v) is 26.6. The van der Waals surface area contributed by atoms with Crippen LogP contribution in [0.4, 0.5) is 5.69 Å². The quantitative estimate of drug-likeness (QED) is 0.129. The lowest BCUT2D eigenvalue weighted by atomic mass is 9.65. The van der Waals surface area contributed by atoms with E-state index in [0.717, 1.165) is 11.1 Å². The second-order valence-electron chi connectivity index (χ2n) is 12.4. The van der Waals surface area contributed by atoms with E-state index in [1.165, 1.54) is 0 Å². The van der Waals surface area contributed by atoms with Gasteiger partial charge in [0.25, 0.3) is 0 Å². The predicted octanol–water partition coefficient (Wildman–Crippen LogP) is 4.70. The minimum absolute atomic E-state index is 0.0326. The average molecular weight is 654 g/mol. The number of hydrogen-bond acceptors (Lipinski definition) is 7. The van der Waals surface area contributed by atoms with E-state index in [2.05, 4.69) is 29.1 Å². The first-order valence-electron chi connectivity index (χ1n) is 16.2. The highest BCUT2D eigenvalue weighted by molar-refractivity contribution is 6.12. The summed E-state index contributed by atoms with van der Waals surface area (Å²) in [6.07, 6.45) is 1.03. The number of nitrogens with zero attached hydrogens (tertiary/aromatic N) is 1. The number of aliphatic hydroxyl groups is 1. The number of phenolic OH excluding ortho intramolecular Hbond substituents is 1. The fourth-order valence-electron chi connectivity index (χ4n) is 7.83. The van der Waals surface area contributed by atoms with Gasteiger partial charge in [-0.05, 0) is 52.6 Å². The van der Waals surface area contributed by atoms with E-state index < -0.39 is 53.3 Å². The minimum atomic E-state index is -1.64. The molecule has 49 heavy (non-hydrogen) atoms. The van der Waals surface area contributed by atoms with Gasteiger partial charge < -0.3 is 25.6 Å². The molecule has 0 aromatic heterocycles. The number of ether oxygens (including phenoxy) is 1. The number of esters is 1. The van der Waals surface area contributed by atoms with Gasteiger partial charge >= 0.3 is 5.97 Å². The Morgan fingerprint density at radius 3 is 2.31 bits per heavy atom. The Labute approximate surface area is 284 Å². The van der Waals surface area contributed by atoms with Crippen LogP contribution in [0.2, 0.25) is 0 Å². The fourth-order valence-corrected chi connectivity index (χ4v) is 7.83. The lowest BCUT2D eigenvalue weighted by Crippen LogP contribution is -2.54. The number of aliphatic hydroxyl groups excluding tert-OH is 1. The van der Waals surface area contributed by atoms with Gasteiger partial charge in [-0.3, -0.25) is 19.3 Å². The number of fused-ring (bicyclic) bond motifs is 3. The van der Waals surface area contributed by atoms with E-state index in [0.29, 0.717) is 22.4 Å². The van der Waals surface area contributed by atoms with E-state index in [9.17, 15) is 24.6 Å². The van der Waals surface area contributed by atoms with Crippen LogP contribution in [-0.2, 0) is 24.5 Å². The van der Waals surface area contributed by atoms with Gasteiger partial charge in [0.2, 0.25) is 11.8 Å². The van der Waals surface area contributed by atoms with Crippen molar-refractivity contribution in [2.45, 2.75) is 36.1 Å². The first kappa shape index (κ1) is 31.9. The number of aromatic hydroxyl groups is 1. The van der Waals surface area contributed by atoms with Crippen molar-refractivity contribution < 1.29 is 29.3 Å². The maximum atomic E-state index is 14.9. The summed E-state index contributed by atoms with van der Waals surface area (Å²) < 4.78 is 6.36. The summed E-state index contributed by atoms with van der Waals surface area (Å²) in [4.78, 5) is 46.0. The molecule has 4 N–H and O–H groups in total. The van der Waals surface area contributed by atoms with Gasteiger partial charge in [-0.15, -0.1) is 6.58 Å². The van der Waals surface area contributed by atoms with Crippen molar-refractivity contribution in [2.75, 3.05) is 18.5 Å². The molecule has 4 aromatic rings. The summed E-state index contributed by atoms with van der Waals surface area (Å²) >= 11 is 0. The first-order chi connectivity index (χ1) is 23.9. The van der Waals surface area contributed by atoms with Gasteiger partial charge in [0, 0.05) is 24.2 Å². The Balaban J connectivity index is 1.55. The van der Waals surface area contributed by atoms with Crippen LogP contribution in [0.1, 0.15) is 52.4 Å².